The van der Waals surface area contributed by atoms with E-state index in [1.165, 1.54) is 12.8 Å². The number of fused-ring (bicyclic) bond motifs is 1. The molecule has 28 heavy (non-hydrogen) atoms. The molecular weight excluding hydrogens is 350 g/mol. The van der Waals surface area contributed by atoms with Gasteiger partial charge in [0.05, 0.1) is 13.7 Å². The molecule has 5 rings (SSSR count). The molecule has 4 nitrogen and oxygen atoms in total. The van der Waals surface area contributed by atoms with Gasteiger partial charge < -0.3 is 13.7 Å². The van der Waals surface area contributed by atoms with Gasteiger partial charge in [0.25, 0.3) is 5.56 Å². The van der Waals surface area contributed by atoms with E-state index in [9.17, 15) is 4.79 Å². The summed E-state index contributed by atoms with van der Waals surface area (Å²) >= 11 is 0. The predicted molar refractivity (Wildman–Crippen MR) is 110 cm³/mol. The third-order valence-corrected chi connectivity index (χ3v) is 5.37. The van der Waals surface area contributed by atoms with Crippen LogP contribution in [-0.4, -0.2) is 11.7 Å². The largest absolute Gasteiger partial charge is 0.493 e. The molecular formula is C24H21NO3. The van der Waals surface area contributed by atoms with Gasteiger partial charge >= 0.3 is 0 Å². The molecule has 0 aliphatic heterocycles. The van der Waals surface area contributed by atoms with Crippen molar-refractivity contribution in [3.63, 3.8) is 0 Å². The lowest BCUT2D eigenvalue weighted by Gasteiger charge is -2.09. The van der Waals surface area contributed by atoms with Gasteiger partial charge in [-0.3, -0.25) is 4.79 Å². The molecule has 1 fully saturated rings. The van der Waals surface area contributed by atoms with E-state index in [1.54, 1.807) is 17.7 Å². The van der Waals surface area contributed by atoms with Crippen LogP contribution in [0.1, 0.15) is 30.1 Å². The van der Waals surface area contributed by atoms with E-state index in [-0.39, 0.29) is 5.56 Å². The van der Waals surface area contributed by atoms with Crippen molar-refractivity contribution >= 4 is 11.0 Å². The highest BCUT2D eigenvalue weighted by atomic mass is 16.5. The molecule has 4 heteroatoms. The van der Waals surface area contributed by atoms with Crippen LogP contribution in [0.5, 0.6) is 5.75 Å². The van der Waals surface area contributed by atoms with Gasteiger partial charge in [0, 0.05) is 23.6 Å². The van der Waals surface area contributed by atoms with Gasteiger partial charge in [-0.2, -0.15) is 0 Å². The van der Waals surface area contributed by atoms with Crippen molar-refractivity contribution in [2.45, 2.75) is 25.3 Å². The summed E-state index contributed by atoms with van der Waals surface area (Å²) in [4.78, 5) is 12.7. The molecule has 4 aromatic rings. The van der Waals surface area contributed by atoms with Gasteiger partial charge in [0.1, 0.15) is 5.76 Å². The van der Waals surface area contributed by atoms with Crippen LogP contribution in [0.4, 0.5) is 0 Å². The molecule has 1 aliphatic rings. The summed E-state index contributed by atoms with van der Waals surface area (Å²) in [5.74, 6) is 2.25. The molecule has 1 saturated carbocycles. The molecule has 2 heterocycles. The van der Waals surface area contributed by atoms with Crippen LogP contribution in [0.25, 0.3) is 22.1 Å². The number of nitrogens with zero attached hydrogens (tertiary/aromatic N) is 1. The maximum absolute atomic E-state index is 12.7. The van der Waals surface area contributed by atoms with E-state index in [0.717, 1.165) is 39.2 Å². The highest BCUT2D eigenvalue weighted by Gasteiger charge is 2.28. The fourth-order valence-electron chi connectivity index (χ4n) is 3.69. The summed E-state index contributed by atoms with van der Waals surface area (Å²) < 4.78 is 13.3. The van der Waals surface area contributed by atoms with Crippen molar-refractivity contribution in [2.24, 2.45) is 0 Å². The summed E-state index contributed by atoms with van der Waals surface area (Å²) in [7, 11) is 1.65. The number of aromatic nitrogens is 1. The summed E-state index contributed by atoms with van der Waals surface area (Å²) in [5.41, 5.74) is 3.74. The van der Waals surface area contributed by atoms with Crippen LogP contribution in [0.3, 0.4) is 0 Å². The third kappa shape index (κ3) is 3.01. The number of methoxy groups -OCH3 is 1. The number of hydrogen-bond donors (Lipinski definition) is 0. The average molecular weight is 371 g/mol. The van der Waals surface area contributed by atoms with Crippen LogP contribution < -0.4 is 10.3 Å². The number of benzene rings is 2. The van der Waals surface area contributed by atoms with Crippen molar-refractivity contribution in [3.8, 4) is 16.9 Å². The number of rotatable bonds is 5. The maximum atomic E-state index is 12.7. The van der Waals surface area contributed by atoms with Crippen LogP contribution in [-0.2, 0) is 6.54 Å². The van der Waals surface area contributed by atoms with Crippen molar-refractivity contribution < 1.29 is 9.15 Å². The van der Waals surface area contributed by atoms with Crippen LogP contribution >= 0.6 is 0 Å². The first-order valence-corrected chi connectivity index (χ1v) is 9.58. The smallest absolute Gasteiger partial charge is 0.251 e. The molecule has 0 amide bonds. The molecule has 0 N–H and O–H groups in total. The number of furan rings is 1. The molecule has 0 spiro atoms. The lowest BCUT2D eigenvalue weighted by Crippen LogP contribution is -2.19. The number of pyridine rings is 1. The first kappa shape index (κ1) is 16.9. The maximum Gasteiger partial charge on any atom is 0.251 e. The van der Waals surface area contributed by atoms with Gasteiger partial charge in [-0.25, -0.2) is 0 Å². The summed E-state index contributed by atoms with van der Waals surface area (Å²) in [5, 5.41) is 1.00. The predicted octanol–water partition coefficient (Wildman–Crippen LogP) is 5.20. The fraction of sp³-hybridized carbons (Fsp3) is 0.208. The Morgan fingerprint density at radius 1 is 1.07 bits per heavy atom. The number of ether oxygens (including phenoxy) is 1. The van der Waals surface area contributed by atoms with Gasteiger partial charge in [0.2, 0.25) is 0 Å². The van der Waals surface area contributed by atoms with Gasteiger partial charge in [0.15, 0.2) is 11.3 Å². The van der Waals surface area contributed by atoms with E-state index in [2.05, 4.69) is 6.07 Å². The monoisotopic (exact) mass is 371 g/mol. The average Bonchev–Trinajstić information content (AvgIpc) is 3.48. The molecule has 0 atom stereocenters. The second-order valence-electron chi connectivity index (χ2n) is 7.35. The van der Waals surface area contributed by atoms with E-state index in [0.29, 0.717) is 12.5 Å². The number of hydrogen-bond acceptors (Lipinski definition) is 3. The summed E-state index contributed by atoms with van der Waals surface area (Å²) in [6, 6.07) is 19.7. The SMILES string of the molecule is COc1ccc(-c2ccn(Cc3ccccc3)c(=O)c2)c2cc(C3CC3)oc12. The zero-order valence-corrected chi connectivity index (χ0v) is 15.7. The third-order valence-electron chi connectivity index (χ3n) is 5.37. The van der Waals surface area contributed by atoms with Crippen molar-refractivity contribution in [2.75, 3.05) is 7.11 Å². The second-order valence-corrected chi connectivity index (χ2v) is 7.35. The van der Waals surface area contributed by atoms with Gasteiger partial charge in [-0.1, -0.05) is 30.3 Å². The zero-order chi connectivity index (χ0) is 19.1. The van der Waals surface area contributed by atoms with Gasteiger partial charge in [-0.15, -0.1) is 0 Å². The molecule has 2 aromatic carbocycles. The minimum atomic E-state index is -0.0174. The standard InChI is InChI=1S/C24H21NO3/c1-27-21-10-9-19(20-14-22(17-7-8-17)28-24(20)21)18-11-12-25(23(26)13-18)15-16-5-3-2-4-6-16/h2-6,9-14,17H,7-8,15H2,1H3. The fourth-order valence-corrected chi connectivity index (χ4v) is 3.69. The summed E-state index contributed by atoms with van der Waals surface area (Å²) in [6.45, 7) is 0.565. The first-order chi connectivity index (χ1) is 13.7. The van der Waals surface area contributed by atoms with Crippen LogP contribution in [0.15, 0.2) is 76.1 Å². The van der Waals surface area contributed by atoms with E-state index in [4.69, 9.17) is 9.15 Å². The Labute approximate surface area is 163 Å². The first-order valence-electron chi connectivity index (χ1n) is 9.58. The zero-order valence-electron chi connectivity index (χ0n) is 15.7. The Morgan fingerprint density at radius 2 is 1.89 bits per heavy atom. The van der Waals surface area contributed by atoms with Crippen LogP contribution in [0.2, 0.25) is 0 Å². The topological polar surface area (TPSA) is 44.4 Å². The highest BCUT2D eigenvalue weighted by molar-refractivity contribution is 5.97. The molecule has 0 bridgehead atoms. The minimum Gasteiger partial charge on any atom is -0.493 e. The molecule has 2 aromatic heterocycles. The molecule has 0 unspecified atom stereocenters. The van der Waals surface area contributed by atoms with E-state index < -0.39 is 0 Å². The van der Waals surface area contributed by atoms with Gasteiger partial charge in [-0.05, 0) is 53.8 Å². The molecule has 1 aliphatic carbocycles. The molecule has 0 radical (unpaired) electrons. The Balaban J connectivity index is 1.56. The Morgan fingerprint density at radius 3 is 2.61 bits per heavy atom. The lowest BCUT2D eigenvalue weighted by atomic mass is 10.0. The Kier molecular flexibility index (Phi) is 4.05. The normalized spacial score (nSPS) is 13.8. The second kappa shape index (κ2) is 6.71. The summed E-state index contributed by atoms with van der Waals surface area (Å²) in [6.07, 6.45) is 4.21. The van der Waals surface area contributed by atoms with Crippen molar-refractivity contribution in [3.05, 3.63) is 88.5 Å². The van der Waals surface area contributed by atoms with E-state index >= 15 is 0 Å². The minimum absolute atomic E-state index is 0.0174. The molecule has 140 valence electrons. The Bertz CT molecular complexity index is 1200. The highest BCUT2D eigenvalue weighted by Crippen LogP contribution is 2.45. The molecule has 0 saturated heterocycles. The van der Waals surface area contributed by atoms with Crippen molar-refractivity contribution in [1.82, 2.24) is 4.57 Å². The van der Waals surface area contributed by atoms with Crippen LogP contribution in [0, 0.1) is 0 Å². The van der Waals surface area contributed by atoms with Crippen molar-refractivity contribution in [1.29, 1.82) is 0 Å². The van der Waals surface area contributed by atoms with E-state index in [1.807, 2.05) is 54.7 Å². The lowest BCUT2D eigenvalue weighted by molar-refractivity contribution is 0.407. The Hall–Kier alpha value is -3.27. The quantitative estimate of drug-likeness (QED) is 0.485.